The highest BCUT2D eigenvalue weighted by Crippen LogP contribution is 2.28. The van der Waals surface area contributed by atoms with Gasteiger partial charge in [-0.2, -0.15) is 0 Å². The van der Waals surface area contributed by atoms with E-state index in [1.165, 1.54) is 6.07 Å². The molecule has 1 atom stereocenters. The Balaban J connectivity index is 2.22. The van der Waals surface area contributed by atoms with E-state index in [4.69, 9.17) is 4.74 Å². The smallest absolute Gasteiger partial charge is 0.244 e. The van der Waals surface area contributed by atoms with E-state index in [0.29, 0.717) is 36.2 Å². The molecule has 1 aromatic carbocycles. The SMILES string of the molecule is CCOc1ccc(Br)cc1S(=O)(=O)NC1CCC(=O)NC1. The molecule has 1 heterocycles. The molecule has 0 aliphatic carbocycles. The summed E-state index contributed by atoms with van der Waals surface area (Å²) in [5.74, 6) is 0.260. The zero-order valence-corrected chi connectivity index (χ0v) is 14.0. The van der Waals surface area contributed by atoms with Gasteiger partial charge in [0.25, 0.3) is 0 Å². The summed E-state index contributed by atoms with van der Waals surface area (Å²) in [6, 6.07) is 4.55. The topological polar surface area (TPSA) is 84.5 Å². The van der Waals surface area contributed by atoms with Crippen molar-refractivity contribution in [2.75, 3.05) is 13.2 Å². The zero-order valence-electron chi connectivity index (χ0n) is 11.6. The fraction of sp³-hybridized carbons (Fsp3) is 0.462. The van der Waals surface area contributed by atoms with E-state index in [1.807, 2.05) is 0 Å². The molecule has 0 bridgehead atoms. The van der Waals surface area contributed by atoms with Gasteiger partial charge in [-0.05, 0) is 31.5 Å². The third-order valence-corrected chi connectivity index (χ3v) is 5.12. The number of carbonyl (C=O) groups excluding carboxylic acids is 1. The first-order chi connectivity index (χ1) is 9.92. The van der Waals surface area contributed by atoms with Crippen LogP contribution in [0.25, 0.3) is 0 Å². The third kappa shape index (κ3) is 4.18. The number of nitrogens with one attached hydrogen (secondary N) is 2. The Bertz CT molecular complexity index is 623. The van der Waals surface area contributed by atoms with E-state index in [-0.39, 0.29) is 16.8 Å². The summed E-state index contributed by atoms with van der Waals surface area (Å²) in [5.41, 5.74) is 0. The molecule has 1 saturated heterocycles. The highest BCUT2D eigenvalue weighted by Gasteiger charge is 2.26. The fourth-order valence-corrected chi connectivity index (χ4v) is 4.04. The lowest BCUT2D eigenvalue weighted by Crippen LogP contribution is -2.47. The Labute approximate surface area is 132 Å². The van der Waals surface area contributed by atoms with Crippen LogP contribution >= 0.6 is 15.9 Å². The van der Waals surface area contributed by atoms with E-state index >= 15 is 0 Å². The van der Waals surface area contributed by atoms with Crippen LogP contribution in [0.15, 0.2) is 27.6 Å². The molecular formula is C13H17BrN2O4S. The van der Waals surface area contributed by atoms with E-state index in [0.717, 1.165) is 0 Å². The molecule has 116 valence electrons. The molecule has 6 nitrogen and oxygen atoms in total. The molecule has 1 amide bonds. The van der Waals surface area contributed by atoms with Crippen molar-refractivity contribution in [2.45, 2.75) is 30.7 Å². The average molecular weight is 377 g/mol. The molecule has 1 aliphatic rings. The number of ether oxygens (including phenoxy) is 1. The van der Waals surface area contributed by atoms with E-state index in [1.54, 1.807) is 19.1 Å². The van der Waals surface area contributed by atoms with Gasteiger partial charge < -0.3 is 10.1 Å². The second kappa shape index (κ2) is 6.76. The van der Waals surface area contributed by atoms with Crippen molar-refractivity contribution in [1.82, 2.24) is 10.0 Å². The van der Waals surface area contributed by atoms with Crippen LogP contribution in [-0.4, -0.2) is 33.5 Å². The summed E-state index contributed by atoms with van der Waals surface area (Å²) in [4.78, 5) is 11.2. The van der Waals surface area contributed by atoms with Gasteiger partial charge >= 0.3 is 0 Å². The molecule has 1 aliphatic heterocycles. The van der Waals surface area contributed by atoms with Crippen LogP contribution in [0.1, 0.15) is 19.8 Å². The molecule has 1 aromatic rings. The minimum atomic E-state index is -3.71. The quantitative estimate of drug-likeness (QED) is 0.813. The molecule has 1 fully saturated rings. The summed E-state index contributed by atoms with van der Waals surface area (Å²) < 4.78 is 33.7. The number of benzene rings is 1. The van der Waals surface area contributed by atoms with Crippen molar-refractivity contribution in [3.05, 3.63) is 22.7 Å². The maximum absolute atomic E-state index is 12.5. The second-order valence-corrected chi connectivity index (χ2v) is 7.28. The van der Waals surface area contributed by atoms with Gasteiger partial charge in [0.1, 0.15) is 10.6 Å². The number of carbonyl (C=O) groups is 1. The Morgan fingerprint density at radius 2 is 2.24 bits per heavy atom. The average Bonchev–Trinajstić information content (AvgIpc) is 2.43. The highest BCUT2D eigenvalue weighted by atomic mass is 79.9. The number of amides is 1. The van der Waals surface area contributed by atoms with Crippen LogP contribution in [-0.2, 0) is 14.8 Å². The molecule has 0 saturated carbocycles. The van der Waals surface area contributed by atoms with Gasteiger partial charge in [0, 0.05) is 23.5 Å². The minimum Gasteiger partial charge on any atom is -0.492 e. The number of hydrogen-bond acceptors (Lipinski definition) is 4. The minimum absolute atomic E-state index is 0.0529. The van der Waals surface area contributed by atoms with Crippen LogP contribution in [0.5, 0.6) is 5.75 Å². The van der Waals surface area contributed by atoms with Crippen molar-refractivity contribution >= 4 is 31.9 Å². The van der Waals surface area contributed by atoms with E-state index in [2.05, 4.69) is 26.0 Å². The monoisotopic (exact) mass is 376 g/mol. The first kappa shape index (κ1) is 16.3. The van der Waals surface area contributed by atoms with Gasteiger partial charge in [0.2, 0.25) is 15.9 Å². The number of hydrogen-bond donors (Lipinski definition) is 2. The van der Waals surface area contributed by atoms with E-state index < -0.39 is 10.0 Å². The lowest BCUT2D eigenvalue weighted by molar-refractivity contribution is -0.122. The van der Waals surface area contributed by atoms with Crippen molar-refractivity contribution in [2.24, 2.45) is 0 Å². The maximum Gasteiger partial charge on any atom is 0.244 e. The van der Waals surface area contributed by atoms with Crippen molar-refractivity contribution in [3.8, 4) is 5.75 Å². The van der Waals surface area contributed by atoms with Gasteiger partial charge in [0.15, 0.2) is 0 Å². The van der Waals surface area contributed by atoms with Crippen molar-refractivity contribution < 1.29 is 17.9 Å². The Morgan fingerprint density at radius 3 is 2.86 bits per heavy atom. The summed E-state index contributed by atoms with van der Waals surface area (Å²) in [6.07, 6.45) is 0.813. The molecule has 2 rings (SSSR count). The zero-order chi connectivity index (χ0) is 15.5. The van der Waals surface area contributed by atoms with Crippen LogP contribution in [0.4, 0.5) is 0 Å². The maximum atomic E-state index is 12.5. The Morgan fingerprint density at radius 1 is 1.48 bits per heavy atom. The summed E-state index contributed by atoms with van der Waals surface area (Å²) in [7, 11) is -3.71. The molecule has 8 heteroatoms. The molecule has 21 heavy (non-hydrogen) atoms. The van der Waals surface area contributed by atoms with Crippen molar-refractivity contribution in [1.29, 1.82) is 0 Å². The molecule has 0 aromatic heterocycles. The predicted octanol–water partition coefficient (Wildman–Crippen LogP) is 1.40. The molecular weight excluding hydrogens is 360 g/mol. The molecule has 1 unspecified atom stereocenters. The number of piperidine rings is 1. The van der Waals surface area contributed by atoms with Gasteiger partial charge in [-0.15, -0.1) is 0 Å². The summed E-state index contributed by atoms with van der Waals surface area (Å²) in [5, 5.41) is 2.65. The standard InChI is InChI=1S/C13H17BrN2O4S/c1-2-20-11-5-3-9(14)7-12(11)21(18,19)16-10-4-6-13(17)15-8-10/h3,5,7,10,16H,2,4,6,8H2,1H3,(H,15,17). The summed E-state index contributed by atoms with van der Waals surface area (Å²) >= 11 is 3.27. The fourth-order valence-electron chi connectivity index (χ4n) is 2.08. The molecule has 2 N–H and O–H groups in total. The number of rotatable bonds is 5. The van der Waals surface area contributed by atoms with Gasteiger partial charge in [0.05, 0.1) is 6.61 Å². The van der Waals surface area contributed by atoms with Crippen LogP contribution in [0.2, 0.25) is 0 Å². The van der Waals surface area contributed by atoms with Gasteiger partial charge in [-0.3, -0.25) is 4.79 Å². The number of sulfonamides is 1. The lowest BCUT2D eigenvalue weighted by atomic mass is 10.1. The van der Waals surface area contributed by atoms with E-state index in [9.17, 15) is 13.2 Å². The lowest BCUT2D eigenvalue weighted by Gasteiger charge is -2.23. The largest absolute Gasteiger partial charge is 0.492 e. The Kier molecular flexibility index (Phi) is 5.23. The van der Waals surface area contributed by atoms with Gasteiger partial charge in [-0.1, -0.05) is 15.9 Å². The molecule has 0 radical (unpaired) electrons. The van der Waals surface area contributed by atoms with Crippen molar-refractivity contribution in [3.63, 3.8) is 0 Å². The van der Waals surface area contributed by atoms with Crippen LogP contribution < -0.4 is 14.8 Å². The highest BCUT2D eigenvalue weighted by molar-refractivity contribution is 9.10. The third-order valence-electron chi connectivity index (χ3n) is 3.08. The normalized spacial score (nSPS) is 19.1. The van der Waals surface area contributed by atoms with Crippen LogP contribution in [0.3, 0.4) is 0 Å². The first-order valence-electron chi connectivity index (χ1n) is 6.63. The summed E-state index contributed by atoms with van der Waals surface area (Å²) in [6.45, 7) is 2.47. The second-order valence-electron chi connectivity index (χ2n) is 4.69. The Hall–Kier alpha value is -1.12. The first-order valence-corrected chi connectivity index (χ1v) is 8.91. The number of halogens is 1. The van der Waals surface area contributed by atoms with Gasteiger partial charge in [-0.25, -0.2) is 13.1 Å². The molecule has 0 spiro atoms. The van der Waals surface area contributed by atoms with Crippen LogP contribution in [0, 0.1) is 0 Å². The predicted molar refractivity (Wildman–Crippen MR) is 81.7 cm³/mol.